The highest BCUT2D eigenvalue weighted by Gasteiger charge is 2.53. The summed E-state index contributed by atoms with van der Waals surface area (Å²) in [5.74, 6) is 4.87. The number of para-hydroxylation sites is 5. The number of hydrogen-bond donors (Lipinski definition) is 0. The fourth-order valence-electron chi connectivity index (χ4n) is 10.9. The molecule has 3 aromatic heterocycles. The zero-order valence-electron chi connectivity index (χ0n) is 38.4. The Kier molecular flexibility index (Phi) is 8.35. The minimum Gasteiger partial charge on any atom is -0.458 e. The summed E-state index contributed by atoms with van der Waals surface area (Å²) in [5, 5.41) is 9.56. The van der Waals surface area contributed by atoms with E-state index in [0.29, 0.717) is 5.95 Å². The summed E-state index contributed by atoms with van der Waals surface area (Å²) < 4.78 is 18.3. The van der Waals surface area contributed by atoms with Gasteiger partial charge in [-0.2, -0.15) is 4.98 Å². The summed E-state index contributed by atoms with van der Waals surface area (Å²) in [6, 6.07) is 65.7. The number of fused-ring (bicyclic) bond motifs is 14. The maximum Gasteiger partial charge on any atom is 0.237 e. The monoisotopic (exact) mass is 884 g/mol. The Morgan fingerprint density at radius 1 is 0.388 bits per heavy atom. The highest BCUT2D eigenvalue weighted by Crippen LogP contribution is 2.41. The summed E-state index contributed by atoms with van der Waals surface area (Å²) in [6.07, 6.45) is 0. The van der Waals surface area contributed by atoms with Crippen LogP contribution < -0.4 is 30.2 Å². The van der Waals surface area contributed by atoms with E-state index in [-0.39, 0.29) is 10.8 Å². The molecular weight excluding hydrogens is 837 g/mol. The van der Waals surface area contributed by atoms with Gasteiger partial charge in [-0.3, -0.25) is 9.13 Å². The van der Waals surface area contributed by atoms with Crippen molar-refractivity contribution in [2.45, 2.75) is 52.4 Å². The van der Waals surface area contributed by atoms with E-state index in [1.807, 2.05) is 0 Å². The molecule has 13 rings (SSSR count). The normalized spacial score (nSPS) is 13.9. The van der Waals surface area contributed by atoms with E-state index < -0.39 is 8.07 Å². The molecule has 324 valence electrons. The molecule has 0 fully saturated rings. The third-order valence-corrected chi connectivity index (χ3v) is 19.1. The van der Waals surface area contributed by atoms with Crippen molar-refractivity contribution in [1.29, 1.82) is 0 Å². The average Bonchev–Trinajstić information content (AvgIpc) is 3.85. The van der Waals surface area contributed by atoms with Crippen LogP contribution in [0.1, 0.15) is 52.7 Å². The van der Waals surface area contributed by atoms with Crippen LogP contribution in [0.4, 0.5) is 0 Å². The highest BCUT2D eigenvalue weighted by molar-refractivity contribution is 7.21. The van der Waals surface area contributed by atoms with Gasteiger partial charge in [-0.1, -0.05) is 157 Å². The van der Waals surface area contributed by atoms with Crippen LogP contribution in [0, 0.1) is 0 Å². The number of nitrogens with zero attached hydrogens (tertiary/aromatic N) is 4. The van der Waals surface area contributed by atoms with Gasteiger partial charge in [-0.15, -0.1) is 0 Å². The molecule has 1 spiro atoms. The second kappa shape index (κ2) is 14.1. The molecule has 2 aliphatic rings. The van der Waals surface area contributed by atoms with Gasteiger partial charge in [0.15, 0.2) is 8.07 Å². The summed E-state index contributed by atoms with van der Waals surface area (Å²) in [4.78, 5) is 11.2. The van der Waals surface area contributed by atoms with Gasteiger partial charge in [0.2, 0.25) is 5.95 Å². The van der Waals surface area contributed by atoms with Crippen LogP contribution in [-0.4, -0.2) is 27.2 Å². The maximum atomic E-state index is 7.05. The molecule has 5 heterocycles. The van der Waals surface area contributed by atoms with Crippen molar-refractivity contribution in [2.75, 3.05) is 0 Å². The zero-order chi connectivity index (χ0) is 45.4. The number of ether oxygens (including phenoxy) is 2. The summed E-state index contributed by atoms with van der Waals surface area (Å²) in [5.41, 5.74) is 8.56. The molecule has 0 bridgehead atoms. The molecule has 0 amide bonds. The van der Waals surface area contributed by atoms with Gasteiger partial charge in [0, 0.05) is 33.2 Å². The Bertz CT molecular complexity index is 3680. The van der Waals surface area contributed by atoms with Gasteiger partial charge in [0.25, 0.3) is 0 Å². The van der Waals surface area contributed by atoms with Gasteiger partial charge < -0.3 is 9.47 Å². The minimum atomic E-state index is -2.94. The third kappa shape index (κ3) is 5.80. The van der Waals surface area contributed by atoms with Crippen molar-refractivity contribution < 1.29 is 9.47 Å². The number of aromatic nitrogens is 4. The van der Waals surface area contributed by atoms with Crippen molar-refractivity contribution in [3.05, 3.63) is 193 Å². The number of rotatable bonds is 3. The Hall–Kier alpha value is -7.74. The van der Waals surface area contributed by atoms with E-state index >= 15 is 0 Å². The predicted molar refractivity (Wildman–Crippen MR) is 277 cm³/mol. The first-order valence-electron chi connectivity index (χ1n) is 23.2. The first-order valence-corrected chi connectivity index (χ1v) is 25.2. The van der Waals surface area contributed by atoms with Crippen LogP contribution in [-0.2, 0) is 10.8 Å². The number of benzene rings is 8. The second-order valence-electron chi connectivity index (χ2n) is 20.2. The van der Waals surface area contributed by atoms with Crippen LogP contribution in [0.2, 0.25) is 0 Å². The fraction of sp³-hybridized carbons (Fsp3) is 0.133. The van der Waals surface area contributed by atoms with E-state index in [1.54, 1.807) is 0 Å². The molecule has 67 heavy (non-hydrogen) atoms. The fourth-order valence-corrected chi connectivity index (χ4v) is 16.0. The van der Waals surface area contributed by atoms with Crippen LogP contribution >= 0.6 is 0 Å². The Labute approximate surface area is 390 Å². The van der Waals surface area contributed by atoms with Crippen molar-refractivity contribution in [3.8, 4) is 46.0 Å². The van der Waals surface area contributed by atoms with Crippen molar-refractivity contribution in [1.82, 2.24) is 19.1 Å². The molecule has 8 aromatic carbocycles. The molecule has 0 N–H and O–H groups in total. The first-order chi connectivity index (χ1) is 32.5. The van der Waals surface area contributed by atoms with E-state index in [4.69, 9.17) is 19.4 Å². The van der Waals surface area contributed by atoms with Crippen molar-refractivity contribution in [2.24, 2.45) is 0 Å². The summed E-state index contributed by atoms with van der Waals surface area (Å²) >= 11 is 0. The lowest BCUT2D eigenvalue weighted by molar-refractivity contribution is 0.482. The van der Waals surface area contributed by atoms with Gasteiger partial charge >= 0.3 is 0 Å². The molecule has 0 atom stereocenters. The average molecular weight is 885 g/mol. The molecular formula is C60H48N4O2Si. The van der Waals surface area contributed by atoms with Crippen LogP contribution in [0.25, 0.3) is 66.6 Å². The third-order valence-electron chi connectivity index (χ3n) is 14.2. The van der Waals surface area contributed by atoms with Gasteiger partial charge in [-0.25, -0.2) is 4.98 Å². The van der Waals surface area contributed by atoms with Gasteiger partial charge in [-0.05, 0) is 103 Å². The highest BCUT2D eigenvalue weighted by atomic mass is 28.3. The first kappa shape index (κ1) is 39.6. The summed E-state index contributed by atoms with van der Waals surface area (Å²) in [6.45, 7) is 13.7. The van der Waals surface area contributed by atoms with Gasteiger partial charge in [0.1, 0.15) is 28.8 Å². The van der Waals surface area contributed by atoms with Crippen LogP contribution in [0.3, 0.4) is 0 Å². The lowest BCUT2D eigenvalue weighted by Crippen LogP contribution is -2.77. The van der Waals surface area contributed by atoms with Crippen molar-refractivity contribution >= 4 is 72.4 Å². The molecule has 7 heteroatoms. The second-order valence-corrected chi connectivity index (χ2v) is 23.9. The Balaban J connectivity index is 1.10. The minimum absolute atomic E-state index is 0.0265. The molecule has 0 unspecified atom stereocenters. The lowest BCUT2D eigenvalue weighted by Gasteiger charge is -2.43. The Morgan fingerprint density at radius 2 is 0.836 bits per heavy atom. The molecule has 0 saturated carbocycles. The molecule has 0 radical (unpaired) electrons. The molecule has 0 aliphatic carbocycles. The van der Waals surface area contributed by atoms with E-state index in [1.165, 1.54) is 42.6 Å². The lowest BCUT2D eigenvalue weighted by atomic mass is 9.85. The molecule has 11 aromatic rings. The zero-order valence-corrected chi connectivity index (χ0v) is 39.4. The standard InChI is InChI=1S/C60H48N4O2Si/c1-59(2,3)38-28-30-47-42(34-38)43-35-39(60(4,5)6)29-31-48(43)63(47)57-36-44(61-58(62-57)64-45-19-9-7-17-40(45)41-18-8-10-20-46(41)64)37-27-32-56-52(33-37)66-51-23-13-16-26-55(51)67(56)53-24-14-11-21-49(53)65-50-22-12-15-25-54(50)67/h7-36H,1-6H3. The van der Waals surface area contributed by atoms with Crippen molar-refractivity contribution in [3.63, 3.8) is 0 Å². The SMILES string of the molecule is CC(C)(C)c1ccc2c(c1)c1cc(C(C)(C)C)ccc1n2-c1cc(-c2ccc3c(c2)Oc2ccccc2[Si]32c3ccccc3Oc3ccccc32)nc(-n2c3ccccc3c3ccccc32)n1. The largest absolute Gasteiger partial charge is 0.458 e. The quantitative estimate of drug-likeness (QED) is 0.166. The smallest absolute Gasteiger partial charge is 0.237 e. The van der Waals surface area contributed by atoms with Crippen LogP contribution in [0.5, 0.6) is 23.0 Å². The topological polar surface area (TPSA) is 54.1 Å². The molecule has 0 saturated heterocycles. The van der Waals surface area contributed by atoms with Crippen LogP contribution in [0.15, 0.2) is 182 Å². The van der Waals surface area contributed by atoms with Gasteiger partial charge in [0.05, 0.1) is 27.8 Å². The van der Waals surface area contributed by atoms with E-state index in [0.717, 1.165) is 72.9 Å². The maximum absolute atomic E-state index is 7.05. The Morgan fingerprint density at radius 3 is 1.36 bits per heavy atom. The molecule has 6 nitrogen and oxygen atoms in total. The number of hydrogen-bond acceptors (Lipinski definition) is 4. The van der Waals surface area contributed by atoms with E-state index in [2.05, 4.69) is 233 Å². The predicted octanol–water partition coefficient (Wildman–Crippen LogP) is 12.5. The summed E-state index contributed by atoms with van der Waals surface area (Å²) in [7, 11) is -2.94. The molecule has 2 aliphatic heterocycles. The van der Waals surface area contributed by atoms with E-state index in [9.17, 15) is 0 Å².